The first-order valence-electron chi connectivity index (χ1n) is 11.1. The monoisotopic (exact) mass is 458 g/mol. The smallest absolute Gasteiger partial charge is 0.232 e. The zero-order valence-electron chi connectivity index (χ0n) is 18.3. The largest absolute Gasteiger partial charge is 0.358 e. The third-order valence-corrected chi connectivity index (χ3v) is 6.56. The predicted molar refractivity (Wildman–Crippen MR) is 133 cm³/mol. The molecule has 0 unspecified atom stereocenters. The maximum Gasteiger partial charge on any atom is 0.232 e. The van der Waals surface area contributed by atoms with Gasteiger partial charge in [0, 0.05) is 43.8 Å². The molecule has 0 aliphatic carbocycles. The standard InChI is InChI=1S/C23H31ClN6S/c1-16-11-17(2)15-30(14-16)21-12-20(29-9-5-6-10-29)26-22(27-21)28-23(31)25-13-18-7-3-4-8-19(18)24/h3-4,7-8,12,16-17H,5-6,9-11,13-15H2,1-2H3,(H2,25,26,27,28,31)/t16-,17-/m0/s1. The van der Waals surface area contributed by atoms with E-state index in [0.29, 0.717) is 29.4 Å². The van der Waals surface area contributed by atoms with Crippen LogP contribution in [-0.2, 0) is 6.54 Å². The summed E-state index contributed by atoms with van der Waals surface area (Å²) in [5, 5.41) is 7.63. The van der Waals surface area contributed by atoms with Crippen molar-refractivity contribution in [1.82, 2.24) is 15.3 Å². The lowest BCUT2D eigenvalue weighted by Gasteiger charge is -2.36. The minimum absolute atomic E-state index is 0.491. The van der Waals surface area contributed by atoms with Gasteiger partial charge in [0.25, 0.3) is 0 Å². The summed E-state index contributed by atoms with van der Waals surface area (Å²) in [6, 6.07) is 9.89. The maximum absolute atomic E-state index is 6.25. The molecule has 2 aliphatic rings. The van der Waals surface area contributed by atoms with E-state index in [1.807, 2.05) is 24.3 Å². The first kappa shape index (κ1) is 22.1. The van der Waals surface area contributed by atoms with Crippen molar-refractivity contribution in [3.63, 3.8) is 0 Å². The number of halogens is 1. The summed E-state index contributed by atoms with van der Waals surface area (Å²) in [5.74, 6) is 3.81. The van der Waals surface area contributed by atoms with Crippen molar-refractivity contribution in [2.45, 2.75) is 39.7 Å². The fourth-order valence-electron chi connectivity index (χ4n) is 4.56. The van der Waals surface area contributed by atoms with Crippen molar-refractivity contribution in [2.24, 2.45) is 11.8 Å². The average Bonchev–Trinajstić information content (AvgIpc) is 3.27. The first-order chi connectivity index (χ1) is 15.0. The number of hydrogen-bond acceptors (Lipinski definition) is 5. The van der Waals surface area contributed by atoms with Gasteiger partial charge in [0.2, 0.25) is 5.95 Å². The van der Waals surface area contributed by atoms with Gasteiger partial charge in [0.05, 0.1) is 0 Å². The van der Waals surface area contributed by atoms with E-state index in [2.05, 4.69) is 40.3 Å². The van der Waals surface area contributed by atoms with Gasteiger partial charge >= 0.3 is 0 Å². The van der Waals surface area contributed by atoms with Gasteiger partial charge in [-0.1, -0.05) is 43.6 Å². The lowest BCUT2D eigenvalue weighted by atomic mass is 9.92. The maximum atomic E-state index is 6.25. The number of nitrogens with one attached hydrogen (secondary N) is 2. The first-order valence-corrected chi connectivity index (χ1v) is 11.9. The van der Waals surface area contributed by atoms with E-state index in [0.717, 1.165) is 48.4 Å². The number of rotatable bonds is 5. The molecule has 2 N–H and O–H groups in total. The Balaban J connectivity index is 1.51. The van der Waals surface area contributed by atoms with Crippen LogP contribution in [0.25, 0.3) is 0 Å². The summed E-state index contributed by atoms with van der Waals surface area (Å²) in [6.45, 7) is 9.31. The Hall–Kier alpha value is -2.12. The summed E-state index contributed by atoms with van der Waals surface area (Å²) in [6.07, 6.45) is 3.68. The Bertz CT molecular complexity index is 907. The van der Waals surface area contributed by atoms with E-state index in [1.165, 1.54) is 19.3 Å². The summed E-state index contributed by atoms with van der Waals surface area (Å²) >= 11 is 11.8. The van der Waals surface area contributed by atoms with Crippen LogP contribution in [0.15, 0.2) is 30.3 Å². The zero-order chi connectivity index (χ0) is 21.8. The molecular formula is C23H31ClN6S. The zero-order valence-corrected chi connectivity index (χ0v) is 19.8. The Morgan fingerprint density at radius 1 is 1.06 bits per heavy atom. The second kappa shape index (κ2) is 10.0. The molecule has 166 valence electrons. The van der Waals surface area contributed by atoms with E-state index in [4.69, 9.17) is 33.8 Å². The molecule has 1 aromatic carbocycles. The highest BCUT2D eigenvalue weighted by molar-refractivity contribution is 7.80. The van der Waals surface area contributed by atoms with Gasteiger partial charge in [-0.3, -0.25) is 0 Å². The number of hydrogen-bond donors (Lipinski definition) is 2. The van der Waals surface area contributed by atoms with E-state index in [9.17, 15) is 0 Å². The van der Waals surface area contributed by atoms with Crippen LogP contribution in [0.2, 0.25) is 5.02 Å². The fourth-order valence-corrected chi connectivity index (χ4v) is 4.93. The molecule has 0 spiro atoms. The third-order valence-electron chi connectivity index (χ3n) is 5.94. The number of anilines is 3. The Labute approximate surface area is 195 Å². The molecule has 2 aromatic rings. The van der Waals surface area contributed by atoms with E-state index in [1.54, 1.807) is 0 Å². The molecule has 1 aromatic heterocycles. The fraction of sp³-hybridized carbons (Fsp3) is 0.522. The Morgan fingerprint density at radius 2 is 1.71 bits per heavy atom. The summed E-state index contributed by atoms with van der Waals surface area (Å²) in [5.41, 5.74) is 0.997. The van der Waals surface area contributed by atoms with Crippen molar-refractivity contribution in [1.29, 1.82) is 0 Å². The number of nitrogens with zero attached hydrogens (tertiary/aromatic N) is 4. The van der Waals surface area contributed by atoms with Crippen LogP contribution in [0.3, 0.4) is 0 Å². The number of benzene rings is 1. The summed E-state index contributed by atoms with van der Waals surface area (Å²) in [4.78, 5) is 14.4. The van der Waals surface area contributed by atoms with Gasteiger partial charge in [0.1, 0.15) is 11.6 Å². The summed E-state index contributed by atoms with van der Waals surface area (Å²) in [7, 11) is 0. The highest BCUT2D eigenvalue weighted by Crippen LogP contribution is 2.29. The average molecular weight is 459 g/mol. The second-order valence-electron chi connectivity index (χ2n) is 8.85. The van der Waals surface area contributed by atoms with Crippen LogP contribution < -0.4 is 20.4 Å². The molecule has 8 heteroatoms. The van der Waals surface area contributed by atoms with Crippen molar-refractivity contribution in [2.75, 3.05) is 41.3 Å². The minimum Gasteiger partial charge on any atom is -0.358 e. The van der Waals surface area contributed by atoms with Crippen LogP contribution >= 0.6 is 23.8 Å². The Kier molecular flexibility index (Phi) is 7.13. The van der Waals surface area contributed by atoms with Gasteiger partial charge in [-0.2, -0.15) is 9.97 Å². The van der Waals surface area contributed by atoms with Crippen molar-refractivity contribution >= 4 is 46.5 Å². The summed E-state index contributed by atoms with van der Waals surface area (Å²) < 4.78 is 0. The van der Waals surface area contributed by atoms with Crippen molar-refractivity contribution in [3.05, 3.63) is 40.9 Å². The molecule has 2 saturated heterocycles. The van der Waals surface area contributed by atoms with E-state index >= 15 is 0 Å². The van der Waals surface area contributed by atoms with Crippen LogP contribution in [0.4, 0.5) is 17.6 Å². The lowest BCUT2D eigenvalue weighted by molar-refractivity contribution is 0.355. The highest BCUT2D eigenvalue weighted by Gasteiger charge is 2.25. The van der Waals surface area contributed by atoms with Crippen molar-refractivity contribution < 1.29 is 0 Å². The van der Waals surface area contributed by atoms with Crippen molar-refractivity contribution in [3.8, 4) is 0 Å². The molecule has 2 atom stereocenters. The van der Waals surface area contributed by atoms with Crippen LogP contribution in [0.5, 0.6) is 0 Å². The molecule has 2 aliphatic heterocycles. The quantitative estimate of drug-likeness (QED) is 0.630. The predicted octanol–water partition coefficient (Wildman–Crippen LogP) is 4.70. The number of piperidine rings is 1. The third kappa shape index (κ3) is 5.77. The van der Waals surface area contributed by atoms with Crippen LogP contribution in [0, 0.1) is 11.8 Å². The Morgan fingerprint density at radius 3 is 2.39 bits per heavy atom. The van der Waals surface area contributed by atoms with E-state index in [-0.39, 0.29) is 0 Å². The molecule has 0 amide bonds. The van der Waals surface area contributed by atoms with Gasteiger partial charge in [-0.25, -0.2) is 0 Å². The molecule has 31 heavy (non-hydrogen) atoms. The lowest BCUT2D eigenvalue weighted by Crippen LogP contribution is -2.39. The van der Waals surface area contributed by atoms with Gasteiger partial charge in [-0.05, 0) is 54.9 Å². The van der Waals surface area contributed by atoms with Gasteiger partial charge in [0.15, 0.2) is 5.11 Å². The highest BCUT2D eigenvalue weighted by atomic mass is 35.5. The molecule has 3 heterocycles. The van der Waals surface area contributed by atoms with Gasteiger partial charge < -0.3 is 20.4 Å². The molecule has 0 bridgehead atoms. The molecular weight excluding hydrogens is 428 g/mol. The normalized spacial score (nSPS) is 21.3. The number of thiocarbonyl (C=S) groups is 1. The van der Waals surface area contributed by atoms with Crippen LogP contribution in [-0.4, -0.2) is 41.3 Å². The SMILES string of the molecule is C[C@H]1C[C@H](C)CN(c2cc(N3CCCC3)nc(NC(=S)NCc3ccccc3Cl)n2)C1. The second-order valence-corrected chi connectivity index (χ2v) is 9.67. The topological polar surface area (TPSA) is 56.3 Å². The molecule has 4 rings (SSSR count). The molecule has 6 nitrogen and oxygen atoms in total. The van der Waals surface area contributed by atoms with Gasteiger partial charge in [-0.15, -0.1) is 0 Å². The van der Waals surface area contributed by atoms with Crippen LogP contribution in [0.1, 0.15) is 38.7 Å². The minimum atomic E-state index is 0.491. The number of aromatic nitrogens is 2. The molecule has 2 fully saturated rings. The van der Waals surface area contributed by atoms with E-state index < -0.39 is 0 Å². The molecule has 0 radical (unpaired) electrons. The molecule has 0 saturated carbocycles.